The molecule has 0 N–H and O–H groups in total. The van der Waals surface area contributed by atoms with Gasteiger partial charge in [0.1, 0.15) is 6.61 Å². The molecule has 0 amide bonds. The lowest BCUT2D eigenvalue weighted by molar-refractivity contribution is 0.256. The zero-order valence-electron chi connectivity index (χ0n) is 12.0. The number of ether oxygens (including phenoxy) is 1. The number of nitrogens with zero attached hydrogens (tertiary/aromatic N) is 1. The molecular weight excluding hydrogens is 210 g/mol. The van der Waals surface area contributed by atoms with Gasteiger partial charge in [0, 0.05) is 6.42 Å². The first-order valence-corrected chi connectivity index (χ1v) is 7.37. The van der Waals surface area contributed by atoms with E-state index in [-0.39, 0.29) is 0 Å². The van der Waals surface area contributed by atoms with Gasteiger partial charge in [-0.25, -0.2) is 0 Å². The lowest BCUT2D eigenvalue weighted by Crippen LogP contribution is -2.17. The van der Waals surface area contributed by atoms with Crippen molar-refractivity contribution in [2.45, 2.75) is 59.8 Å². The number of aliphatic imine (C=N–C) groups is 1. The highest BCUT2D eigenvalue weighted by molar-refractivity contribution is 5.77. The lowest BCUT2D eigenvalue weighted by Gasteiger charge is -2.26. The second kappa shape index (κ2) is 7.73. The predicted molar refractivity (Wildman–Crippen MR) is 74.5 cm³/mol. The third-order valence-electron chi connectivity index (χ3n) is 4.30. The van der Waals surface area contributed by atoms with E-state index in [9.17, 15) is 0 Å². The van der Waals surface area contributed by atoms with Crippen LogP contribution in [0.2, 0.25) is 0 Å². The Balaban J connectivity index is 2.43. The van der Waals surface area contributed by atoms with Crippen LogP contribution in [0, 0.1) is 17.8 Å². The predicted octanol–water partition coefficient (Wildman–Crippen LogP) is 4.29. The van der Waals surface area contributed by atoms with Gasteiger partial charge >= 0.3 is 0 Å². The first-order chi connectivity index (χ1) is 8.21. The van der Waals surface area contributed by atoms with Gasteiger partial charge in [0.2, 0.25) is 0 Å². The molecule has 0 aromatic carbocycles. The third-order valence-corrected chi connectivity index (χ3v) is 4.30. The molecule has 1 rings (SSSR count). The molecule has 0 bridgehead atoms. The molecule has 0 radical (unpaired) electrons. The first kappa shape index (κ1) is 14.5. The summed E-state index contributed by atoms with van der Waals surface area (Å²) < 4.78 is 5.54. The second-order valence-electron chi connectivity index (χ2n) is 5.39. The highest BCUT2D eigenvalue weighted by atomic mass is 16.5. The van der Waals surface area contributed by atoms with E-state index >= 15 is 0 Å². The lowest BCUT2D eigenvalue weighted by atomic mass is 9.80. The fourth-order valence-electron chi connectivity index (χ4n) is 2.71. The van der Waals surface area contributed by atoms with Gasteiger partial charge in [0.25, 0.3) is 0 Å². The van der Waals surface area contributed by atoms with Crippen LogP contribution in [0.1, 0.15) is 59.8 Å². The Hall–Kier alpha value is -0.530. The molecule has 17 heavy (non-hydrogen) atoms. The van der Waals surface area contributed by atoms with E-state index in [4.69, 9.17) is 4.74 Å². The van der Waals surface area contributed by atoms with Gasteiger partial charge in [-0.1, -0.05) is 47.0 Å². The molecule has 0 spiro atoms. The van der Waals surface area contributed by atoms with Crippen molar-refractivity contribution in [3.05, 3.63) is 0 Å². The van der Waals surface area contributed by atoms with Crippen molar-refractivity contribution in [2.24, 2.45) is 22.7 Å². The molecule has 2 nitrogen and oxygen atoms in total. The van der Waals surface area contributed by atoms with E-state index < -0.39 is 0 Å². The largest absolute Gasteiger partial charge is 0.479 e. The van der Waals surface area contributed by atoms with Crippen LogP contribution in [-0.2, 0) is 4.74 Å². The highest BCUT2D eigenvalue weighted by Gasteiger charge is 2.21. The monoisotopic (exact) mass is 239 g/mol. The quantitative estimate of drug-likeness (QED) is 0.619. The fraction of sp³-hybridized carbons (Fsp3) is 0.933. The summed E-state index contributed by atoms with van der Waals surface area (Å²) in [7, 11) is 0. The minimum atomic E-state index is 0.755. The number of rotatable bonds is 8. The molecule has 1 aliphatic heterocycles. The minimum absolute atomic E-state index is 0.755. The van der Waals surface area contributed by atoms with Crippen LogP contribution in [-0.4, -0.2) is 19.0 Å². The average Bonchev–Trinajstić information content (AvgIpc) is 2.86. The summed E-state index contributed by atoms with van der Waals surface area (Å²) >= 11 is 0. The van der Waals surface area contributed by atoms with Crippen molar-refractivity contribution >= 4 is 5.90 Å². The molecule has 0 aromatic heterocycles. The van der Waals surface area contributed by atoms with Crippen molar-refractivity contribution in [1.29, 1.82) is 0 Å². The summed E-state index contributed by atoms with van der Waals surface area (Å²) in [5.74, 6) is 3.48. The molecule has 1 heterocycles. The van der Waals surface area contributed by atoms with Crippen LogP contribution in [0.25, 0.3) is 0 Å². The molecule has 0 fully saturated rings. The van der Waals surface area contributed by atoms with Gasteiger partial charge < -0.3 is 4.74 Å². The van der Waals surface area contributed by atoms with Gasteiger partial charge in [-0.15, -0.1) is 0 Å². The van der Waals surface area contributed by atoms with Crippen LogP contribution in [0.15, 0.2) is 4.99 Å². The van der Waals surface area contributed by atoms with Crippen LogP contribution in [0.3, 0.4) is 0 Å². The Kier molecular flexibility index (Phi) is 6.61. The SMILES string of the molecule is CCC(CC1=NCCO1)CC(CC)C(C)CC. The summed E-state index contributed by atoms with van der Waals surface area (Å²) in [6.45, 7) is 11.0. The number of hydrogen-bond donors (Lipinski definition) is 0. The number of hydrogen-bond acceptors (Lipinski definition) is 2. The van der Waals surface area contributed by atoms with Gasteiger partial charge in [-0.05, 0) is 24.2 Å². The maximum absolute atomic E-state index is 5.54. The van der Waals surface area contributed by atoms with E-state index in [1.165, 1.54) is 25.7 Å². The molecule has 0 saturated heterocycles. The molecule has 100 valence electrons. The van der Waals surface area contributed by atoms with Crippen LogP contribution in [0.4, 0.5) is 0 Å². The molecule has 0 aliphatic carbocycles. The van der Waals surface area contributed by atoms with Crippen molar-refractivity contribution in [1.82, 2.24) is 0 Å². The van der Waals surface area contributed by atoms with Crippen molar-refractivity contribution in [3.8, 4) is 0 Å². The molecule has 0 aromatic rings. The maximum Gasteiger partial charge on any atom is 0.183 e. The van der Waals surface area contributed by atoms with Gasteiger partial charge in [-0.3, -0.25) is 4.99 Å². The Bertz CT molecular complexity index is 237. The van der Waals surface area contributed by atoms with E-state index in [1.807, 2.05) is 0 Å². The Morgan fingerprint density at radius 2 is 1.94 bits per heavy atom. The van der Waals surface area contributed by atoms with Crippen LogP contribution < -0.4 is 0 Å². The molecule has 3 unspecified atom stereocenters. The summed E-state index contributed by atoms with van der Waals surface area (Å²) in [4.78, 5) is 4.42. The topological polar surface area (TPSA) is 21.6 Å². The van der Waals surface area contributed by atoms with Crippen molar-refractivity contribution in [2.75, 3.05) is 13.2 Å². The average molecular weight is 239 g/mol. The molecule has 2 heteroatoms. The summed E-state index contributed by atoms with van der Waals surface area (Å²) in [6.07, 6.45) is 6.24. The zero-order chi connectivity index (χ0) is 12.7. The van der Waals surface area contributed by atoms with Gasteiger partial charge in [0.15, 0.2) is 5.90 Å². The standard InChI is InChI=1S/C15H29NO/c1-5-12(4)14(7-3)10-13(6-2)11-15-16-8-9-17-15/h12-14H,5-11H2,1-4H3. The van der Waals surface area contributed by atoms with Crippen molar-refractivity contribution in [3.63, 3.8) is 0 Å². The highest BCUT2D eigenvalue weighted by Crippen LogP contribution is 2.29. The summed E-state index contributed by atoms with van der Waals surface area (Å²) in [6, 6.07) is 0. The Morgan fingerprint density at radius 3 is 2.41 bits per heavy atom. The van der Waals surface area contributed by atoms with E-state index in [2.05, 4.69) is 32.7 Å². The van der Waals surface area contributed by atoms with E-state index in [1.54, 1.807) is 0 Å². The van der Waals surface area contributed by atoms with E-state index in [0.717, 1.165) is 43.2 Å². The van der Waals surface area contributed by atoms with Gasteiger partial charge in [0.05, 0.1) is 6.54 Å². The normalized spacial score (nSPS) is 20.6. The minimum Gasteiger partial charge on any atom is -0.479 e. The third kappa shape index (κ3) is 4.69. The Morgan fingerprint density at radius 1 is 1.18 bits per heavy atom. The van der Waals surface area contributed by atoms with Crippen molar-refractivity contribution < 1.29 is 4.74 Å². The molecule has 0 saturated carbocycles. The molecule has 3 atom stereocenters. The van der Waals surface area contributed by atoms with Crippen LogP contribution in [0.5, 0.6) is 0 Å². The Labute approximate surface area is 107 Å². The molecule has 1 aliphatic rings. The summed E-state index contributed by atoms with van der Waals surface area (Å²) in [5, 5.41) is 0. The maximum atomic E-state index is 5.54. The second-order valence-corrected chi connectivity index (χ2v) is 5.39. The van der Waals surface area contributed by atoms with E-state index in [0.29, 0.717) is 0 Å². The molecular formula is C15H29NO. The van der Waals surface area contributed by atoms with Gasteiger partial charge in [-0.2, -0.15) is 0 Å². The zero-order valence-corrected chi connectivity index (χ0v) is 12.0. The van der Waals surface area contributed by atoms with Crippen LogP contribution >= 0.6 is 0 Å². The smallest absolute Gasteiger partial charge is 0.183 e. The fourth-order valence-corrected chi connectivity index (χ4v) is 2.71. The first-order valence-electron chi connectivity index (χ1n) is 7.37. The summed E-state index contributed by atoms with van der Waals surface area (Å²) in [5.41, 5.74) is 0.